The van der Waals surface area contributed by atoms with Gasteiger partial charge in [-0.25, -0.2) is 4.79 Å². The van der Waals surface area contributed by atoms with Crippen LogP contribution in [-0.2, 0) is 28.8 Å². The number of ether oxygens (including phenoxy) is 1. The van der Waals surface area contributed by atoms with Crippen molar-refractivity contribution >= 4 is 34.7 Å². The third-order valence-electron chi connectivity index (χ3n) is 4.92. The summed E-state index contributed by atoms with van der Waals surface area (Å²) >= 11 is 1.48. The van der Waals surface area contributed by atoms with Gasteiger partial charge in [-0.15, -0.1) is 11.3 Å². The molecule has 1 atom stereocenters. The lowest BCUT2D eigenvalue weighted by Crippen LogP contribution is -2.13. The molecule has 1 aromatic carbocycles. The van der Waals surface area contributed by atoms with Gasteiger partial charge in [0, 0.05) is 16.1 Å². The summed E-state index contributed by atoms with van der Waals surface area (Å²) in [5, 5.41) is 2.73. The number of carbonyl (C=O) groups excluding carboxylic acids is 3. The Labute approximate surface area is 155 Å². The summed E-state index contributed by atoms with van der Waals surface area (Å²) in [5.74, 6) is -0.144. The molecule has 0 unspecified atom stereocenters. The fraction of sp³-hybridized carbons (Fsp3) is 0.350. The Bertz CT molecular complexity index is 915. The molecule has 0 bridgehead atoms. The molecule has 2 aromatic rings. The van der Waals surface area contributed by atoms with E-state index in [1.54, 1.807) is 18.2 Å². The molecule has 1 amide bonds. The van der Waals surface area contributed by atoms with Crippen LogP contribution in [0.5, 0.6) is 0 Å². The molecule has 2 heterocycles. The summed E-state index contributed by atoms with van der Waals surface area (Å²) in [6, 6.07) is 6.96. The van der Waals surface area contributed by atoms with Crippen molar-refractivity contribution in [1.82, 2.24) is 0 Å². The van der Waals surface area contributed by atoms with E-state index in [0.29, 0.717) is 16.4 Å². The number of aryl methyl sites for hydroxylation is 1. The van der Waals surface area contributed by atoms with Crippen molar-refractivity contribution < 1.29 is 19.1 Å². The van der Waals surface area contributed by atoms with E-state index >= 15 is 0 Å². The van der Waals surface area contributed by atoms with Crippen molar-refractivity contribution in [1.29, 1.82) is 0 Å². The molecule has 0 fully saturated rings. The molecule has 134 valence electrons. The van der Waals surface area contributed by atoms with Crippen LogP contribution in [0, 0.1) is 5.92 Å². The van der Waals surface area contributed by atoms with E-state index < -0.39 is 5.97 Å². The largest absolute Gasteiger partial charge is 0.453 e. The summed E-state index contributed by atoms with van der Waals surface area (Å²) in [5.41, 5.74) is 3.23. The minimum Gasteiger partial charge on any atom is -0.453 e. The average molecular weight is 369 g/mol. The first-order valence-electron chi connectivity index (χ1n) is 8.74. The van der Waals surface area contributed by atoms with Crippen LogP contribution in [0.25, 0.3) is 0 Å². The van der Waals surface area contributed by atoms with E-state index in [0.717, 1.165) is 30.5 Å². The van der Waals surface area contributed by atoms with Gasteiger partial charge in [0.2, 0.25) is 5.91 Å². The Hall–Kier alpha value is -2.47. The quantitative estimate of drug-likeness (QED) is 0.662. The maximum absolute atomic E-state index is 12.3. The maximum Gasteiger partial charge on any atom is 0.348 e. The SMILES string of the molecule is C[C@H]1CCc2sc(C(=O)OCC(=O)c3ccc4c(c3)CC(=O)N4)cc2C1. The zero-order valence-electron chi connectivity index (χ0n) is 14.5. The number of thiophene rings is 1. The molecular formula is C20H19NO4S. The number of ketones is 1. The molecule has 2 aliphatic rings. The molecule has 1 aliphatic heterocycles. The number of anilines is 1. The first-order chi connectivity index (χ1) is 12.5. The van der Waals surface area contributed by atoms with Gasteiger partial charge < -0.3 is 10.1 Å². The van der Waals surface area contributed by atoms with Gasteiger partial charge in [-0.2, -0.15) is 0 Å². The van der Waals surface area contributed by atoms with Crippen molar-refractivity contribution in [3.63, 3.8) is 0 Å². The molecule has 0 saturated heterocycles. The van der Waals surface area contributed by atoms with Gasteiger partial charge in [-0.1, -0.05) is 6.92 Å². The third kappa shape index (κ3) is 3.29. The maximum atomic E-state index is 12.3. The summed E-state index contributed by atoms with van der Waals surface area (Å²) < 4.78 is 5.23. The van der Waals surface area contributed by atoms with Crippen LogP contribution >= 0.6 is 11.3 Å². The number of hydrogen-bond donors (Lipinski definition) is 1. The number of nitrogens with one attached hydrogen (secondary N) is 1. The fourth-order valence-corrected chi connectivity index (χ4v) is 4.60. The molecule has 1 aromatic heterocycles. The monoisotopic (exact) mass is 369 g/mol. The normalized spacial score (nSPS) is 18.0. The molecule has 0 saturated carbocycles. The van der Waals surface area contributed by atoms with Crippen molar-refractivity contribution in [3.05, 3.63) is 50.7 Å². The van der Waals surface area contributed by atoms with Gasteiger partial charge in [-0.05, 0) is 60.6 Å². The lowest BCUT2D eigenvalue weighted by atomic mass is 9.90. The second-order valence-corrected chi connectivity index (χ2v) is 8.14. The zero-order valence-corrected chi connectivity index (χ0v) is 15.3. The highest BCUT2D eigenvalue weighted by Gasteiger charge is 2.23. The first kappa shape index (κ1) is 17.0. The number of carbonyl (C=O) groups is 3. The summed E-state index contributed by atoms with van der Waals surface area (Å²) in [6.07, 6.45) is 3.43. The molecule has 0 radical (unpaired) electrons. The molecule has 1 aliphatic carbocycles. The number of amides is 1. The fourth-order valence-electron chi connectivity index (χ4n) is 3.49. The Balaban J connectivity index is 1.40. The summed E-state index contributed by atoms with van der Waals surface area (Å²) in [4.78, 5) is 37.8. The standard InChI is InChI=1S/C20H19NO4S/c1-11-2-5-17-14(6-11)8-18(26-17)20(24)25-10-16(22)12-3-4-15-13(7-12)9-19(23)21-15/h3-4,7-8,11H,2,5-6,9-10H2,1H3,(H,21,23)/t11-/m0/s1. The van der Waals surface area contributed by atoms with Gasteiger partial charge >= 0.3 is 5.97 Å². The molecule has 5 nitrogen and oxygen atoms in total. The topological polar surface area (TPSA) is 72.5 Å². The van der Waals surface area contributed by atoms with Gasteiger partial charge in [-0.3, -0.25) is 9.59 Å². The Morgan fingerprint density at radius 1 is 1.27 bits per heavy atom. The van der Waals surface area contributed by atoms with Crippen molar-refractivity contribution in [2.45, 2.75) is 32.6 Å². The number of fused-ring (bicyclic) bond motifs is 2. The summed E-state index contributed by atoms with van der Waals surface area (Å²) in [6.45, 7) is 1.93. The van der Waals surface area contributed by atoms with E-state index in [9.17, 15) is 14.4 Å². The van der Waals surface area contributed by atoms with Crippen LogP contribution < -0.4 is 5.32 Å². The van der Waals surface area contributed by atoms with E-state index in [2.05, 4.69) is 12.2 Å². The van der Waals surface area contributed by atoms with Crippen LogP contribution in [0.1, 0.15) is 49.4 Å². The van der Waals surface area contributed by atoms with Crippen LogP contribution in [-0.4, -0.2) is 24.3 Å². The Morgan fingerprint density at radius 3 is 2.96 bits per heavy atom. The number of esters is 1. The third-order valence-corrected chi connectivity index (χ3v) is 6.13. The highest BCUT2D eigenvalue weighted by molar-refractivity contribution is 7.14. The predicted octanol–water partition coefficient (Wildman–Crippen LogP) is 3.41. The smallest absolute Gasteiger partial charge is 0.348 e. The number of Topliss-reactive ketones (excluding diaryl/α,β-unsaturated/α-hetero) is 1. The highest BCUT2D eigenvalue weighted by Crippen LogP contribution is 2.32. The van der Waals surface area contributed by atoms with Gasteiger partial charge in [0.1, 0.15) is 4.88 Å². The Kier molecular flexibility index (Phi) is 4.36. The minimum absolute atomic E-state index is 0.0768. The van der Waals surface area contributed by atoms with E-state index in [1.165, 1.54) is 21.8 Å². The second-order valence-electron chi connectivity index (χ2n) is 7.00. The van der Waals surface area contributed by atoms with Crippen molar-refractivity contribution in [2.75, 3.05) is 11.9 Å². The lowest BCUT2D eigenvalue weighted by Gasteiger charge is -2.16. The average Bonchev–Trinajstić information content (AvgIpc) is 3.20. The van der Waals surface area contributed by atoms with E-state index in [1.807, 2.05) is 6.07 Å². The van der Waals surface area contributed by atoms with Gasteiger partial charge in [0.05, 0.1) is 6.42 Å². The number of rotatable bonds is 4. The van der Waals surface area contributed by atoms with Crippen LogP contribution in [0.15, 0.2) is 24.3 Å². The number of hydrogen-bond acceptors (Lipinski definition) is 5. The van der Waals surface area contributed by atoms with Crippen molar-refractivity contribution in [3.8, 4) is 0 Å². The predicted molar refractivity (Wildman–Crippen MR) is 98.9 cm³/mol. The van der Waals surface area contributed by atoms with Gasteiger partial charge in [0.25, 0.3) is 0 Å². The Morgan fingerprint density at radius 2 is 2.12 bits per heavy atom. The van der Waals surface area contributed by atoms with Crippen LogP contribution in [0.4, 0.5) is 5.69 Å². The zero-order chi connectivity index (χ0) is 18.3. The van der Waals surface area contributed by atoms with E-state index in [4.69, 9.17) is 4.74 Å². The van der Waals surface area contributed by atoms with E-state index in [-0.39, 0.29) is 24.7 Å². The molecule has 4 rings (SSSR count). The van der Waals surface area contributed by atoms with Gasteiger partial charge in [0.15, 0.2) is 12.4 Å². The van der Waals surface area contributed by atoms with Crippen LogP contribution in [0.2, 0.25) is 0 Å². The minimum atomic E-state index is -0.441. The molecule has 1 N–H and O–H groups in total. The second kappa shape index (κ2) is 6.68. The molecule has 6 heteroatoms. The molecule has 26 heavy (non-hydrogen) atoms. The highest BCUT2D eigenvalue weighted by atomic mass is 32.1. The first-order valence-corrected chi connectivity index (χ1v) is 9.56. The lowest BCUT2D eigenvalue weighted by molar-refractivity contribution is -0.115. The van der Waals surface area contributed by atoms with Crippen molar-refractivity contribution in [2.24, 2.45) is 5.92 Å². The molecular weight excluding hydrogens is 350 g/mol. The molecule has 0 spiro atoms. The van der Waals surface area contributed by atoms with Crippen LogP contribution in [0.3, 0.4) is 0 Å². The summed E-state index contributed by atoms with van der Waals surface area (Å²) in [7, 11) is 0. The number of benzene rings is 1.